The minimum absolute atomic E-state index is 0.0841. The van der Waals surface area contributed by atoms with Gasteiger partial charge >= 0.3 is 0 Å². The van der Waals surface area contributed by atoms with Crippen molar-refractivity contribution in [2.24, 2.45) is 5.92 Å². The van der Waals surface area contributed by atoms with Crippen LogP contribution in [0.1, 0.15) is 73.3 Å². The lowest BCUT2D eigenvalue weighted by Gasteiger charge is -2.41. The zero-order chi connectivity index (χ0) is 20.6. The number of rotatable bonds is 8. The normalized spacial score (nSPS) is 16.0. The van der Waals surface area contributed by atoms with Crippen LogP contribution >= 0.6 is 0 Å². The maximum Gasteiger partial charge on any atom is 0.152 e. The van der Waals surface area contributed by atoms with Gasteiger partial charge in [-0.1, -0.05) is 71.9 Å². The number of likely N-dealkylation sites (N-methyl/N-ethyl adjacent to an activating group) is 1. The molecule has 1 aromatic carbocycles. The van der Waals surface area contributed by atoms with Gasteiger partial charge < -0.3 is 10.6 Å². The SMILES string of the molecule is CC.CNC(C(NC(C(C)=O)C(C)C)=C1CCC1)C(C)(C)c1ccccc1. The van der Waals surface area contributed by atoms with Gasteiger partial charge in [-0.3, -0.25) is 4.79 Å². The van der Waals surface area contributed by atoms with E-state index in [1.165, 1.54) is 23.3 Å². The minimum Gasteiger partial charge on any atom is -0.377 e. The molecule has 27 heavy (non-hydrogen) atoms. The molecule has 1 aliphatic carbocycles. The largest absolute Gasteiger partial charge is 0.377 e. The number of carbonyl (C=O) groups is 1. The predicted octanol–water partition coefficient (Wildman–Crippen LogP) is 5.22. The molecule has 152 valence electrons. The first-order valence-corrected chi connectivity index (χ1v) is 10.5. The average Bonchev–Trinajstić information content (AvgIpc) is 2.60. The van der Waals surface area contributed by atoms with E-state index in [1.54, 1.807) is 6.92 Å². The third-order valence-electron chi connectivity index (χ3n) is 5.57. The highest BCUT2D eigenvalue weighted by Gasteiger charge is 2.36. The summed E-state index contributed by atoms with van der Waals surface area (Å²) >= 11 is 0. The van der Waals surface area contributed by atoms with Gasteiger partial charge in [-0.05, 0) is 50.3 Å². The number of allylic oxidation sites excluding steroid dienone is 1. The van der Waals surface area contributed by atoms with Crippen molar-refractivity contribution >= 4 is 5.78 Å². The lowest BCUT2D eigenvalue weighted by molar-refractivity contribution is -0.119. The molecule has 3 nitrogen and oxygen atoms in total. The predicted molar refractivity (Wildman–Crippen MR) is 117 cm³/mol. The molecular formula is C24H40N2O. The van der Waals surface area contributed by atoms with E-state index >= 15 is 0 Å². The number of carbonyl (C=O) groups excluding carboxylic acids is 1. The van der Waals surface area contributed by atoms with E-state index in [1.807, 2.05) is 20.9 Å². The van der Waals surface area contributed by atoms with Gasteiger partial charge in [-0.2, -0.15) is 0 Å². The van der Waals surface area contributed by atoms with Crippen molar-refractivity contribution in [1.82, 2.24) is 10.6 Å². The van der Waals surface area contributed by atoms with Crippen molar-refractivity contribution in [3.8, 4) is 0 Å². The van der Waals surface area contributed by atoms with Gasteiger partial charge in [0.2, 0.25) is 0 Å². The van der Waals surface area contributed by atoms with Crippen molar-refractivity contribution in [2.45, 2.75) is 85.2 Å². The smallest absolute Gasteiger partial charge is 0.152 e. The number of ketones is 1. The summed E-state index contributed by atoms with van der Waals surface area (Å²) < 4.78 is 0. The fourth-order valence-electron chi connectivity index (χ4n) is 3.82. The van der Waals surface area contributed by atoms with Crippen LogP contribution in [0.5, 0.6) is 0 Å². The average molecular weight is 373 g/mol. The van der Waals surface area contributed by atoms with Crippen LogP contribution < -0.4 is 10.6 Å². The monoisotopic (exact) mass is 372 g/mol. The second kappa shape index (κ2) is 10.7. The van der Waals surface area contributed by atoms with E-state index in [2.05, 4.69) is 68.7 Å². The summed E-state index contributed by atoms with van der Waals surface area (Å²) in [7, 11) is 2.02. The molecule has 2 atom stereocenters. The van der Waals surface area contributed by atoms with Gasteiger partial charge in [0.15, 0.2) is 5.78 Å². The Bertz CT molecular complexity index is 611. The van der Waals surface area contributed by atoms with E-state index in [0.29, 0.717) is 0 Å². The van der Waals surface area contributed by atoms with Crippen molar-refractivity contribution in [3.63, 3.8) is 0 Å². The van der Waals surface area contributed by atoms with Crippen molar-refractivity contribution < 1.29 is 4.79 Å². The molecule has 0 aromatic heterocycles. The number of hydrogen-bond acceptors (Lipinski definition) is 3. The molecule has 1 aliphatic rings. The highest BCUT2D eigenvalue weighted by atomic mass is 16.1. The lowest BCUT2D eigenvalue weighted by Crippen LogP contribution is -2.52. The molecule has 0 spiro atoms. The Morgan fingerprint density at radius 2 is 1.63 bits per heavy atom. The molecule has 0 amide bonds. The van der Waals surface area contributed by atoms with Crippen molar-refractivity contribution in [3.05, 3.63) is 47.2 Å². The van der Waals surface area contributed by atoms with Crippen LogP contribution in [0, 0.1) is 5.92 Å². The molecule has 0 heterocycles. The second-order valence-corrected chi connectivity index (χ2v) is 8.16. The number of Topliss-reactive ketones (excluding diaryl/α,β-unsaturated/α-hetero) is 1. The Kier molecular flexibility index (Phi) is 9.25. The van der Waals surface area contributed by atoms with Crippen LogP contribution in [0.3, 0.4) is 0 Å². The van der Waals surface area contributed by atoms with Crippen LogP contribution in [0.4, 0.5) is 0 Å². The quantitative estimate of drug-likeness (QED) is 0.657. The van der Waals surface area contributed by atoms with Gasteiger partial charge in [0, 0.05) is 11.1 Å². The molecule has 0 radical (unpaired) electrons. The number of nitrogens with one attached hydrogen (secondary N) is 2. The highest BCUT2D eigenvalue weighted by molar-refractivity contribution is 5.82. The van der Waals surface area contributed by atoms with Gasteiger partial charge in [0.25, 0.3) is 0 Å². The summed E-state index contributed by atoms with van der Waals surface area (Å²) in [5.41, 5.74) is 3.92. The third-order valence-corrected chi connectivity index (χ3v) is 5.57. The zero-order valence-electron chi connectivity index (χ0n) is 18.6. The number of benzene rings is 1. The summed E-state index contributed by atoms with van der Waals surface area (Å²) in [4.78, 5) is 12.2. The molecular weight excluding hydrogens is 332 g/mol. The molecule has 1 aromatic rings. The first-order valence-electron chi connectivity index (χ1n) is 10.5. The molecule has 0 aliphatic heterocycles. The Morgan fingerprint density at radius 3 is 2.00 bits per heavy atom. The van der Waals surface area contributed by atoms with E-state index in [0.717, 1.165) is 12.8 Å². The lowest BCUT2D eigenvalue weighted by atomic mass is 9.73. The molecule has 2 rings (SSSR count). The summed E-state index contributed by atoms with van der Waals surface area (Å²) in [6.07, 6.45) is 3.51. The van der Waals surface area contributed by atoms with Gasteiger partial charge in [-0.25, -0.2) is 0 Å². The van der Waals surface area contributed by atoms with Gasteiger partial charge in [0.05, 0.1) is 12.1 Å². The summed E-state index contributed by atoms with van der Waals surface area (Å²) in [6.45, 7) is 14.5. The van der Waals surface area contributed by atoms with Crippen LogP contribution in [-0.2, 0) is 10.2 Å². The first-order chi connectivity index (χ1) is 12.8. The van der Waals surface area contributed by atoms with Crippen LogP contribution in [0.15, 0.2) is 41.6 Å². The highest BCUT2D eigenvalue weighted by Crippen LogP contribution is 2.36. The van der Waals surface area contributed by atoms with Crippen molar-refractivity contribution in [2.75, 3.05) is 7.05 Å². The Labute approximate surface area is 167 Å². The molecule has 2 unspecified atom stereocenters. The maximum atomic E-state index is 12.2. The van der Waals surface area contributed by atoms with Gasteiger partial charge in [-0.15, -0.1) is 0 Å². The molecule has 0 bridgehead atoms. The van der Waals surface area contributed by atoms with Crippen LogP contribution in [-0.4, -0.2) is 24.9 Å². The maximum absolute atomic E-state index is 12.2. The molecule has 2 N–H and O–H groups in total. The molecule has 0 saturated heterocycles. The summed E-state index contributed by atoms with van der Waals surface area (Å²) in [5.74, 6) is 0.477. The third kappa shape index (κ3) is 5.68. The topological polar surface area (TPSA) is 41.1 Å². The first kappa shape index (κ1) is 23.4. The molecule has 3 heteroatoms. The fraction of sp³-hybridized carbons (Fsp3) is 0.625. The van der Waals surface area contributed by atoms with E-state index in [9.17, 15) is 4.79 Å². The van der Waals surface area contributed by atoms with Gasteiger partial charge in [0.1, 0.15) is 0 Å². The standard InChI is InChI=1S/C22H34N2O.C2H6/c1-15(2)19(16(3)25)24-20(17-11-10-12-17)21(23-6)22(4,5)18-13-8-7-9-14-18;1-2/h7-9,13-15,19,21,23-24H,10-12H2,1-6H3;1-2H3. The second-order valence-electron chi connectivity index (χ2n) is 8.16. The van der Waals surface area contributed by atoms with Crippen LogP contribution in [0.2, 0.25) is 0 Å². The Morgan fingerprint density at radius 1 is 1.07 bits per heavy atom. The van der Waals surface area contributed by atoms with Crippen molar-refractivity contribution in [1.29, 1.82) is 0 Å². The Balaban J connectivity index is 0.00000176. The summed E-state index contributed by atoms with van der Waals surface area (Å²) in [6, 6.07) is 10.6. The summed E-state index contributed by atoms with van der Waals surface area (Å²) in [5, 5.41) is 7.19. The molecule has 1 saturated carbocycles. The Hall–Kier alpha value is -1.61. The molecule has 1 fully saturated rings. The number of hydrogen-bond donors (Lipinski definition) is 2. The fourth-order valence-corrected chi connectivity index (χ4v) is 3.82. The minimum atomic E-state index is -0.134. The zero-order valence-corrected chi connectivity index (χ0v) is 18.6. The van der Waals surface area contributed by atoms with E-state index < -0.39 is 0 Å². The van der Waals surface area contributed by atoms with E-state index in [-0.39, 0.29) is 29.2 Å². The van der Waals surface area contributed by atoms with E-state index in [4.69, 9.17) is 0 Å². The van der Waals surface area contributed by atoms with Crippen LogP contribution in [0.25, 0.3) is 0 Å².